The van der Waals surface area contributed by atoms with Crippen LogP contribution in [0.1, 0.15) is 11.1 Å². The fraction of sp³-hybridized carbons (Fsp3) is 0.143. The van der Waals surface area contributed by atoms with Crippen molar-refractivity contribution >= 4 is 17.4 Å². The number of nitrogens with zero attached hydrogens (tertiary/aromatic N) is 3. The average Bonchev–Trinajstić information content (AvgIpc) is 3.06. The van der Waals surface area contributed by atoms with E-state index in [4.69, 9.17) is 9.84 Å². The van der Waals surface area contributed by atoms with Crippen LogP contribution in [0.3, 0.4) is 0 Å². The van der Waals surface area contributed by atoms with E-state index in [2.05, 4.69) is 36.2 Å². The van der Waals surface area contributed by atoms with E-state index in [9.17, 15) is 0 Å². The first-order valence-electron chi connectivity index (χ1n) is 8.42. The third kappa shape index (κ3) is 3.30. The van der Waals surface area contributed by atoms with Crippen LogP contribution in [0, 0.1) is 6.92 Å². The summed E-state index contributed by atoms with van der Waals surface area (Å²) in [6.45, 7) is 2.10. The van der Waals surface area contributed by atoms with Gasteiger partial charge in [-0.1, -0.05) is 71.9 Å². The molecule has 0 atom stereocenters. The van der Waals surface area contributed by atoms with Crippen LogP contribution in [-0.2, 0) is 5.75 Å². The number of methoxy groups -OCH3 is 1. The minimum atomic E-state index is 0.656. The highest BCUT2D eigenvalue weighted by atomic mass is 32.2. The largest absolute Gasteiger partial charge is 0.479 e. The van der Waals surface area contributed by atoms with Gasteiger partial charge >= 0.3 is 0 Å². The fourth-order valence-corrected chi connectivity index (χ4v) is 3.59. The monoisotopic (exact) mass is 361 g/mol. The lowest BCUT2D eigenvalue weighted by atomic mass is 10.2. The van der Waals surface area contributed by atoms with Crippen LogP contribution in [0.15, 0.2) is 71.8 Å². The molecule has 2 heterocycles. The Morgan fingerprint density at radius 2 is 1.73 bits per heavy atom. The van der Waals surface area contributed by atoms with Crippen LogP contribution < -0.4 is 4.74 Å². The summed E-state index contributed by atoms with van der Waals surface area (Å²) in [7, 11) is 1.66. The van der Waals surface area contributed by atoms with Crippen molar-refractivity contribution in [3.63, 3.8) is 0 Å². The maximum atomic E-state index is 5.61. The van der Waals surface area contributed by atoms with Gasteiger partial charge in [0, 0.05) is 11.3 Å². The van der Waals surface area contributed by atoms with E-state index >= 15 is 0 Å². The zero-order valence-electron chi connectivity index (χ0n) is 14.7. The summed E-state index contributed by atoms with van der Waals surface area (Å²) in [6, 6.07) is 22.6. The van der Waals surface area contributed by atoms with Crippen LogP contribution >= 0.6 is 11.8 Å². The predicted molar refractivity (Wildman–Crippen MR) is 106 cm³/mol. The molecule has 0 saturated heterocycles. The molecule has 0 aliphatic rings. The van der Waals surface area contributed by atoms with Gasteiger partial charge in [0.25, 0.3) is 0 Å². The molecule has 130 valence electrons. The lowest BCUT2D eigenvalue weighted by Crippen LogP contribution is -1.97. The van der Waals surface area contributed by atoms with Crippen LogP contribution in [0.4, 0.5) is 0 Å². The molecular formula is C21H19N3OS. The van der Waals surface area contributed by atoms with Gasteiger partial charge in [-0.3, -0.25) is 0 Å². The van der Waals surface area contributed by atoms with Crippen molar-refractivity contribution in [3.8, 4) is 17.1 Å². The molecule has 0 aliphatic carbocycles. The Kier molecular flexibility index (Phi) is 4.63. The van der Waals surface area contributed by atoms with Gasteiger partial charge in [-0.05, 0) is 24.6 Å². The first kappa shape index (κ1) is 16.7. The summed E-state index contributed by atoms with van der Waals surface area (Å²) in [4.78, 5) is 4.69. The van der Waals surface area contributed by atoms with E-state index in [0.717, 1.165) is 27.7 Å². The molecule has 0 saturated carbocycles. The van der Waals surface area contributed by atoms with Crippen molar-refractivity contribution in [3.05, 3.63) is 77.9 Å². The molecule has 2 aromatic carbocycles. The Bertz CT molecular complexity index is 1030. The van der Waals surface area contributed by atoms with Gasteiger partial charge in [0.1, 0.15) is 10.7 Å². The van der Waals surface area contributed by atoms with E-state index in [1.165, 1.54) is 11.1 Å². The Balaban J connectivity index is 1.65. The lowest BCUT2D eigenvalue weighted by molar-refractivity contribution is 0.387. The number of benzene rings is 2. The van der Waals surface area contributed by atoms with E-state index in [0.29, 0.717) is 5.88 Å². The van der Waals surface area contributed by atoms with E-state index in [1.807, 2.05) is 42.5 Å². The zero-order valence-corrected chi connectivity index (χ0v) is 15.5. The number of hydrogen-bond acceptors (Lipinski definition) is 4. The van der Waals surface area contributed by atoms with E-state index < -0.39 is 0 Å². The Labute approximate surface area is 156 Å². The molecule has 5 heteroatoms. The molecule has 0 radical (unpaired) electrons. The third-order valence-corrected chi connectivity index (χ3v) is 5.15. The number of aromatic nitrogens is 3. The molecule has 0 amide bonds. The average molecular weight is 361 g/mol. The summed E-state index contributed by atoms with van der Waals surface area (Å²) in [5.41, 5.74) is 5.16. The number of imidazole rings is 1. The Hall–Kier alpha value is -2.79. The zero-order chi connectivity index (χ0) is 17.9. The molecule has 4 aromatic rings. The van der Waals surface area contributed by atoms with Gasteiger partial charge < -0.3 is 4.74 Å². The fourth-order valence-electron chi connectivity index (χ4n) is 2.78. The predicted octanol–water partition coefficient (Wildman–Crippen LogP) is 5.01. The van der Waals surface area contributed by atoms with Gasteiger partial charge in [-0.25, -0.2) is 4.98 Å². The second-order valence-electron chi connectivity index (χ2n) is 6.05. The van der Waals surface area contributed by atoms with Gasteiger partial charge in [-0.15, -0.1) is 0 Å². The van der Waals surface area contributed by atoms with Crippen molar-refractivity contribution < 1.29 is 4.74 Å². The number of rotatable bonds is 5. The first-order chi connectivity index (χ1) is 12.7. The van der Waals surface area contributed by atoms with Crippen LogP contribution in [0.2, 0.25) is 0 Å². The summed E-state index contributed by atoms with van der Waals surface area (Å²) < 4.78 is 7.39. The van der Waals surface area contributed by atoms with Gasteiger partial charge in [0.2, 0.25) is 5.88 Å². The topological polar surface area (TPSA) is 39.4 Å². The molecule has 4 nitrogen and oxygen atoms in total. The SMILES string of the molecule is COc1c(-c2ccccc2)nc2ccc(SCc3ccc(C)cc3)nn12. The maximum Gasteiger partial charge on any atom is 0.243 e. The standard InChI is InChI=1S/C21H19N3OS/c1-15-8-10-16(11-9-15)14-26-19-13-12-18-22-20(17-6-4-3-5-7-17)21(25-2)24(18)23-19/h3-13H,14H2,1-2H3. The number of aryl methyl sites for hydroxylation is 1. The molecule has 0 N–H and O–H groups in total. The molecule has 0 aliphatic heterocycles. The number of thioether (sulfide) groups is 1. The number of hydrogen-bond donors (Lipinski definition) is 0. The van der Waals surface area contributed by atoms with Crippen molar-refractivity contribution in [1.82, 2.24) is 14.6 Å². The number of ether oxygens (including phenoxy) is 1. The molecule has 0 fully saturated rings. The summed E-state index contributed by atoms with van der Waals surface area (Å²) in [6.07, 6.45) is 0. The smallest absolute Gasteiger partial charge is 0.243 e. The summed E-state index contributed by atoms with van der Waals surface area (Å²) in [5.74, 6) is 1.53. The quantitative estimate of drug-likeness (QED) is 0.469. The highest BCUT2D eigenvalue weighted by molar-refractivity contribution is 7.98. The second-order valence-corrected chi connectivity index (χ2v) is 7.05. The summed E-state index contributed by atoms with van der Waals surface area (Å²) >= 11 is 1.70. The van der Waals surface area contributed by atoms with Crippen LogP contribution in [-0.4, -0.2) is 21.7 Å². The van der Waals surface area contributed by atoms with Crippen LogP contribution in [0.25, 0.3) is 16.9 Å². The van der Waals surface area contributed by atoms with E-state index in [-0.39, 0.29) is 0 Å². The minimum absolute atomic E-state index is 0.656. The van der Waals surface area contributed by atoms with Gasteiger partial charge in [-0.2, -0.15) is 9.61 Å². The Morgan fingerprint density at radius 3 is 2.46 bits per heavy atom. The van der Waals surface area contributed by atoms with E-state index in [1.54, 1.807) is 23.4 Å². The van der Waals surface area contributed by atoms with Crippen molar-refractivity contribution in [2.75, 3.05) is 7.11 Å². The molecule has 0 spiro atoms. The molecule has 0 bridgehead atoms. The van der Waals surface area contributed by atoms with Crippen molar-refractivity contribution in [2.24, 2.45) is 0 Å². The van der Waals surface area contributed by atoms with Crippen LogP contribution in [0.5, 0.6) is 5.88 Å². The van der Waals surface area contributed by atoms with Crippen molar-refractivity contribution in [2.45, 2.75) is 17.7 Å². The number of fused-ring (bicyclic) bond motifs is 1. The van der Waals surface area contributed by atoms with Gasteiger partial charge in [0.15, 0.2) is 5.65 Å². The molecular weight excluding hydrogens is 342 g/mol. The molecule has 2 aromatic heterocycles. The van der Waals surface area contributed by atoms with Crippen molar-refractivity contribution in [1.29, 1.82) is 0 Å². The highest BCUT2D eigenvalue weighted by Crippen LogP contribution is 2.31. The maximum absolute atomic E-state index is 5.61. The lowest BCUT2D eigenvalue weighted by Gasteiger charge is -2.05. The molecule has 0 unspecified atom stereocenters. The normalized spacial score (nSPS) is 11.0. The minimum Gasteiger partial charge on any atom is -0.479 e. The van der Waals surface area contributed by atoms with Gasteiger partial charge in [0.05, 0.1) is 7.11 Å². The second kappa shape index (κ2) is 7.22. The molecule has 26 heavy (non-hydrogen) atoms. The highest BCUT2D eigenvalue weighted by Gasteiger charge is 2.16. The molecule has 4 rings (SSSR count). The summed E-state index contributed by atoms with van der Waals surface area (Å²) in [5, 5.41) is 5.66. The Morgan fingerprint density at radius 1 is 0.962 bits per heavy atom. The first-order valence-corrected chi connectivity index (χ1v) is 9.41. The third-order valence-electron chi connectivity index (χ3n) is 4.16.